The van der Waals surface area contributed by atoms with Crippen LogP contribution in [0.4, 0.5) is 0 Å². The summed E-state index contributed by atoms with van der Waals surface area (Å²) in [6.07, 6.45) is 1.77. The van der Waals surface area contributed by atoms with Crippen LogP contribution in [-0.2, 0) is 4.79 Å². The molecule has 0 bridgehead atoms. The van der Waals surface area contributed by atoms with Crippen molar-refractivity contribution >= 4 is 16.8 Å². The van der Waals surface area contributed by atoms with Crippen molar-refractivity contribution in [2.24, 2.45) is 0 Å². The smallest absolute Gasteiger partial charge is 0.227 e. The number of hydrogen-bond acceptors (Lipinski definition) is 2. The maximum Gasteiger partial charge on any atom is 0.227 e. The van der Waals surface area contributed by atoms with Gasteiger partial charge in [0, 0.05) is 18.6 Å². The second-order valence-electron chi connectivity index (χ2n) is 3.79. The van der Waals surface area contributed by atoms with Gasteiger partial charge in [0.15, 0.2) is 0 Å². The van der Waals surface area contributed by atoms with Gasteiger partial charge in [-0.05, 0) is 30.7 Å². The molecule has 1 unspecified atom stereocenters. The first-order valence-electron chi connectivity index (χ1n) is 5.28. The van der Waals surface area contributed by atoms with Crippen molar-refractivity contribution in [1.29, 1.82) is 0 Å². The Kier molecular flexibility index (Phi) is 2.86. The Morgan fingerprint density at radius 3 is 2.94 bits per heavy atom. The Hall–Kier alpha value is -1.90. The van der Waals surface area contributed by atoms with Crippen molar-refractivity contribution in [2.45, 2.75) is 12.8 Å². The highest BCUT2D eigenvalue weighted by molar-refractivity contribution is 5.85. The van der Waals surface area contributed by atoms with E-state index in [4.69, 9.17) is 0 Å². The van der Waals surface area contributed by atoms with Crippen LogP contribution < -0.4 is 5.32 Å². The van der Waals surface area contributed by atoms with Crippen LogP contribution in [0.3, 0.4) is 0 Å². The largest absolute Gasteiger partial charge is 0.359 e. The van der Waals surface area contributed by atoms with E-state index in [1.165, 1.54) is 0 Å². The number of rotatable bonds is 2. The summed E-state index contributed by atoms with van der Waals surface area (Å²) in [7, 11) is 1.65. The first kappa shape index (κ1) is 10.6. The first-order chi connectivity index (χ1) is 7.72. The van der Waals surface area contributed by atoms with Gasteiger partial charge >= 0.3 is 0 Å². The van der Waals surface area contributed by atoms with Crippen molar-refractivity contribution in [3.05, 3.63) is 42.1 Å². The van der Waals surface area contributed by atoms with E-state index in [-0.39, 0.29) is 11.8 Å². The second-order valence-corrected chi connectivity index (χ2v) is 3.79. The fourth-order valence-electron chi connectivity index (χ4n) is 1.73. The SMILES string of the molecule is CNC(=O)C(C)c1ccc2ncccc2c1. The molecule has 82 valence electrons. The van der Waals surface area contributed by atoms with Gasteiger partial charge in [0.25, 0.3) is 0 Å². The molecule has 1 aromatic carbocycles. The number of nitrogens with zero attached hydrogens (tertiary/aromatic N) is 1. The molecule has 2 rings (SSSR count). The number of pyridine rings is 1. The molecular formula is C13H14N2O. The van der Waals surface area contributed by atoms with Crippen LogP contribution in [-0.4, -0.2) is 17.9 Å². The average Bonchev–Trinajstić information content (AvgIpc) is 2.36. The van der Waals surface area contributed by atoms with Gasteiger partial charge in [-0.25, -0.2) is 0 Å². The average molecular weight is 214 g/mol. The molecule has 0 aliphatic heterocycles. The molecule has 0 saturated heterocycles. The van der Waals surface area contributed by atoms with Crippen LogP contribution in [0.1, 0.15) is 18.4 Å². The summed E-state index contributed by atoms with van der Waals surface area (Å²) in [6, 6.07) is 9.82. The van der Waals surface area contributed by atoms with E-state index in [2.05, 4.69) is 10.3 Å². The number of carbonyl (C=O) groups is 1. The van der Waals surface area contributed by atoms with Crippen LogP contribution in [0.2, 0.25) is 0 Å². The number of nitrogens with one attached hydrogen (secondary N) is 1. The van der Waals surface area contributed by atoms with E-state index in [9.17, 15) is 4.79 Å². The summed E-state index contributed by atoms with van der Waals surface area (Å²) in [5, 5.41) is 3.72. The predicted molar refractivity (Wildman–Crippen MR) is 64.2 cm³/mol. The summed E-state index contributed by atoms with van der Waals surface area (Å²) in [5.41, 5.74) is 1.97. The summed E-state index contributed by atoms with van der Waals surface area (Å²) in [6.45, 7) is 1.90. The third-order valence-corrected chi connectivity index (χ3v) is 2.77. The number of likely N-dealkylation sites (N-methyl/N-ethyl adjacent to an activating group) is 1. The van der Waals surface area contributed by atoms with E-state index in [1.807, 2.05) is 37.3 Å². The molecule has 1 aromatic heterocycles. The van der Waals surface area contributed by atoms with Crippen LogP contribution in [0.15, 0.2) is 36.5 Å². The minimum atomic E-state index is -0.130. The Bertz CT molecular complexity index is 522. The number of carbonyl (C=O) groups excluding carboxylic acids is 1. The van der Waals surface area contributed by atoms with Crippen LogP contribution >= 0.6 is 0 Å². The van der Waals surface area contributed by atoms with Gasteiger partial charge < -0.3 is 5.32 Å². The first-order valence-corrected chi connectivity index (χ1v) is 5.28. The van der Waals surface area contributed by atoms with Gasteiger partial charge in [-0.15, -0.1) is 0 Å². The van der Waals surface area contributed by atoms with Crippen molar-refractivity contribution in [1.82, 2.24) is 10.3 Å². The van der Waals surface area contributed by atoms with E-state index in [0.29, 0.717) is 0 Å². The van der Waals surface area contributed by atoms with E-state index in [0.717, 1.165) is 16.5 Å². The third-order valence-electron chi connectivity index (χ3n) is 2.77. The third kappa shape index (κ3) is 1.89. The molecule has 3 heteroatoms. The van der Waals surface area contributed by atoms with E-state index < -0.39 is 0 Å². The van der Waals surface area contributed by atoms with Crippen molar-refractivity contribution < 1.29 is 4.79 Å². The highest BCUT2D eigenvalue weighted by atomic mass is 16.1. The zero-order chi connectivity index (χ0) is 11.5. The summed E-state index contributed by atoms with van der Waals surface area (Å²) in [5.74, 6) is -0.0992. The van der Waals surface area contributed by atoms with Crippen molar-refractivity contribution in [3.8, 4) is 0 Å². The summed E-state index contributed by atoms with van der Waals surface area (Å²) >= 11 is 0. The lowest BCUT2D eigenvalue weighted by atomic mass is 9.98. The normalized spacial score (nSPS) is 12.4. The van der Waals surface area contributed by atoms with Crippen LogP contribution in [0.5, 0.6) is 0 Å². The zero-order valence-corrected chi connectivity index (χ0v) is 9.40. The molecule has 2 aromatic rings. The summed E-state index contributed by atoms with van der Waals surface area (Å²) in [4.78, 5) is 15.8. The Morgan fingerprint density at radius 2 is 2.19 bits per heavy atom. The zero-order valence-electron chi connectivity index (χ0n) is 9.40. The number of fused-ring (bicyclic) bond motifs is 1. The van der Waals surface area contributed by atoms with Gasteiger partial charge in [-0.2, -0.15) is 0 Å². The maximum absolute atomic E-state index is 11.5. The van der Waals surface area contributed by atoms with Crippen LogP contribution in [0.25, 0.3) is 10.9 Å². The lowest BCUT2D eigenvalue weighted by Crippen LogP contribution is -2.23. The molecule has 0 aliphatic carbocycles. The van der Waals surface area contributed by atoms with E-state index in [1.54, 1.807) is 13.2 Å². The fraction of sp³-hybridized carbons (Fsp3) is 0.231. The van der Waals surface area contributed by atoms with Gasteiger partial charge in [0.1, 0.15) is 0 Å². The monoisotopic (exact) mass is 214 g/mol. The molecule has 3 nitrogen and oxygen atoms in total. The molecule has 1 amide bonds. The van der Waals surface area contributed by atoms with Crippen molar-refractivity contribution in [2.75, 3.05) is 7.05 Å². The molecule has 0 aliphatic rings. The summed E-state index contributed by atoms with van der Waals surface area (Å²) < 4.78 is 0. The number of benzene rings is 1. The Balaban J connectivity index is 2.43. The molecule has 0 radical (unpaired) electrons. The van der Waals surface area contributed by atoms with Gasteiger partial charge in [-0.3, -0.25) is 9.78 Å². The molecule has 0 saturated carbocycles. The molecule has 1 heterocycles. The molecule has 0 fully saturated rings. The highest BCUT2D eigenvalue weighted by Crippen LogP contribution is 2.20. The number of amides is 1. The predicted octanol–water partition coefficient (Wildman–Crippen LogP) is 2.08. The van der Waals surface area contributed by atoms with Crippen molar-refractivity contribution in [3.63, 3.8) is 0 Å². The van der Waals surface area contributed by atoms with Gasteiger partial charge in [-0.1, -0.05) is 12.1 Å². The van der Waals surface area contributed by atoms with Gasteiger partial charge in [0.05, 0.1) is 11.4 Å². The number of aromatic nitrogens is 1. The Morgan fingerprint density at radius 1 is 1.38 bits per heavy atom. The lowest BCUT2D eigenvalue weighted by molar-refractivity contribution is -0.121. The molecule has 0 spiro atoms. The standard InChI is InChI=1S/C13H14N2O/c1-9(13(16)14-2)10-5-6-12-11(8-10)4-3-7-15-12/h3-9H,1-2H3,(H,14,16). The lowest BCUT2D eigenvalue weighted by Gasteiger charge is -2.10. The van der Waals surface area contributed by atoms with Gasteiger partial charge in [0.2, 0.25) is 5.91 Å². The molecule has 1 atom stereocenters. The quantitative estimate of drug-likeness (QED) is 0.831. The molecule has 16 heavy (non-hydrogen) atoms. The fourth-order valence-corrected chi connectivity index (χ4v) is 1.73. The minimum Gasteiger partial charge on any atom is -0.359 e. The Labute approximate surface area is 94.5 Å². The minimum absolute atomic E-state index is 0.0308. The maximum atomic E-state index is 11.5. The highest BCUT2D eigenvalue weighted by Gasteiger charge is 2.13. The molecular weight excluding hydrogens is 200 g/mol. The topological polar surface area (TPSA) is 42.0 Å². The van der Waals surface area contributed by atoms with Crippen LogP contribution in [0, 0.1) is 0 Å². The second kappa shape index (κ2) is 4.31. The van der Waals surface area contributed by atoms with E-state index >= 15 is 0 Å². The molecule has 1 N–H and O–H groups in total. The number of hydrogen-bond donors (Lipinski definition) is 1.